The van der Waals surface area contributed by atoms with Crippen LogP contribution in [-0.4, -0.2) is 54.3 Å². The van der Waals surface area contributed by atoms with Gasteiger partial charge in [0.05, 0.1) is 53.8 Å². The van der Waals surface area contributed by atoms with Gasteiger partial charge in [0.25, 0.3) is 0 Å². The first-order chi connectivity index (χ1) is 15.9. The fourth-order valence-electron chi connectivity index (χ4n) is 3.53. The summed E-state index contributed by atoms with van der Waals surface area (Å²) in [5.41, 5.74) is 0.929. The van der Waals surface area contributed by atoms with Crippen molar-refractivity contribution in [1.82, 2.24) is 24.6 Å². The molecule has 2 atom stereocenters. The number of aliphatic hydroxyl groups excluding tert-OH is 1. The minimum Gasteiger partial charge on any atom is -0.396 e. The van der Waals surface area contributed by atoms with Gasteiger partial charge in [-0.3, -0.25) is 19.7 Å². The molecule has 1 aromatic carbocycles. The van der Waals surface area contributed by atoms with Gasteiger partial charge >= 0.3 is 0 Å². The molecule has 1 aliphatic rings. The molecule has 170 valence electrons. The molecule has 3 heterocycles. The van der Waals surface area contributed by atoms with E-state index in [0.717, 1.165) is 0 Å². The second kappa shape index (κ2) is 8.05. The molecule has 0 saturated heterocycles. The SMILES string of the molecule is O=C(CCO)Nc1c(F)c(Cl)c(-c2cn3cc(NC(=O)C4CC4F)nc3cn2)c2cn[nH]c12. The number of carbonyl (C=O) groups excluding carboxylic acids is 2. The van der Waals surface area contributed by atoms with Crippen LogP contribution in [0.15, 0.2) is 24.8 Å². The number of aromatic amines is 1. The van der Waals surface area contributed by atoms with Gasteiger partial charge in [0.2, 0.25) is 11.8 Å². The highest BCUT2D eigenvalue weighted by atomic mass is 35.5. The van der Waals surface area contributed by atoms with Crippen molar-refractivity contribution in [1.29, 1.82) is 0 Å². The molecule has 2 unspecified atom stereocenters. The number of fused-ring (bicyclic) bond motifs is 2. The number of anilines is 2. The Kier molecular flexibility index (Phi) is 5.17. The van der Waals surface area contributed by atoms with Crippen molar-refractivity contribution in [2.24, 2.45) is 5.92 Å². The van der Waals surface area contributed by atoms with Crippen molar-refractivity contribution in [2.75, 3.05) is 17.2 Å². The molecule has 1 saturated carbocycles. The number of nitrogens with zero attached hydrogens (tertiary/aromatic N) is 4. The van der Waals surface area contributed by atoms with Crippen molar-refractivity contribution >= 4 is 51.5 Å². The molecular weight excluding hydrogens is 460 g/mol. The first kappa shape index (κ1) is 21.2. The molecule has 4 N–H and O–H groups in total. The van der Waals surface area contributed by atoms with Crippen LogP contribution < -0.4 is 10.6 Å². The quantitative estimate of drug-likeness (QED) is 0.338. The number of carbonyl (C=O) groups is 2. The number of aliphatic hydroxyl groups is 1. The van der Waals surface area contributed by atoms with Gasteiger partial charge in [-0.05, 0) is 6.42 Å². The normalized spacial score (nSPS) is 17.5. The first-order valence-corrected chi connectivity index (χ1v) is 10.3. The van der Waals surface area contributed by atoms with Gasteiger partial charge < -0.3 is 20.1 Å². The number of benzene rings is 1. The number of imidazole rings is 1. The average molecular weight is 476 g/mol. The zero-order valence-electron chi connectivity index (χ0n) is 16.8. The van der Waals surface area contributed by atoms with E-state index in [4.69, 9.17) is 16.7 Å². The van der Waals surface area contributed by atoms with E-state index in [-0.39, 0.29) is 46.1 Å². The fourth-order valence-corrected chi connectivity index (χ4v) is 3.82. The van der Waals surface area contributed by atoms with Gasteiger partial charge in [0.1, 0.15) is 11.9 Å². The summed E-state index contributed by atoms with van der Waals surface area (Å²) in [6, 6.07) is 0. The van der Waals surface area contributed by atoms with E-state index in [1.807, 2.05) is 0 Å². The molecule has 10 nitrogen and oxygen atoms in total. The highest BCUT2D eigenvalue weighted by Crippen LogP contribution is 2.40. The number of hydrogen-bond donors (Lipinski definition) is 4. The van der Waals surface area contributed by atoms with Gasteiger partial charge in [-0.25, -0.2) is 13.8 Å². The summed E-state index contributed by atoms with van der Waals surface area (Å²) in [6.45, 7) is -0.391. The van der Waals surface area contributed by atoms with Gasteiger partial charge in [-0.15, -0.1) is 0 Å². The highest BCUT2D eigenvalue weighted by molar-refractivity contribution is 6.36. The van der Waals surface area contributed by atoms with Crippen molar-refractivity contribution in [3.63, 3.8) is 0 Å². The molecule has 5 rings (SSSR count). The van der Waals surface area contributed by atoms with Gasteiger partial charge in [0, 0.05) is 17.1 Å². The standard InChI is InChI=1S/C20H16ClF2N7O3/c21-16-15(9-4-25-29-18(9)19(17(16)23)28-14(32)1-2-31)11-6-30-7-12(26-13(30)5-24-11)27-20(33)8-3-10(8)22/h4-8,10,31H,1-3H2,(H,25,29)(H,27,33)(H,28,32). The highest BCUT2D eigenvalue weighted by Gasteiger charge is 2.43. The summed E-state index contributed by atoms with van der Waals surface area (Å²) in [7, 11) is 0. The number of rotatable bonds is 6. The van der Waals surface area contributed by atoms with Gasteiger partial charge in [-0.1, -0.05) is 11.6 Å². The number of halogens is 3. The van der Waals surface area contributed by atoms with Gasteiger partial charge in [0.15, 0.2) is 17.3 Å². The molecule has 0 bridgehead atoms. The zero-order valence-corrected chi connectivity index (χ0v) is 17.5. The van der Waals surface area contributed by atoms with Crippen LogP contribution in [0.5, 0.6) is 0 Å². The topological polar surface area (TPSA) is 137 Å². The average Bonchev–Trinajstić information content (AvgIpc) is 3.15. The Morgan fingerprint density at radius 1 is 1.30 bits per heavy atom. The van der Waals surface area contributed by atoms with E-state index < -0.39 is 36.3 Å². The molecule has 2 amide bonds. The van der Waals surface area contributed by atoms with Crippen molar-refractivity contribution in [2.45, 2.75) is 19.0 Å². The summed E-state index contributed by atoms with van der Waals surface area (Å²) in [5.74, 6) is -2.35. The van der Waals surface area contributed by atoms with Crippen LogP contribution in [0.25, 0.3) is 27.8 Å². The molecule has 4 aromatic rings. The number of H-pyrrole nitrogens is 1. The van der Waals surface area contributed by atoms with Crippen molar-refractivity contribution in [3.05, 3.63) is 35.6 Å². The van der Waals surface area contributed by atoms with E-state index >= 15 is 4.39 Å². The van der Waals surface area contributed by atoms with Crippen LogP contribution in [0.4, 0.5) is 20.3 Å². The summed E-state index contributed by atoms with van der Waals surface area (Å²) in [6.07, 6.45) is 4.77. The predicted octanol–water partition coefficient (Wildman–Crippen LogP) is 2.68. The summed E-state index contributed by atoms with van der Waals surface area (Å²) < 4.78 is 29.8. The molecule has 3 aromatic heterocycles. The molecule has 0 radical (unpaired) electrons. The van der Waals surface area contributed by atoms with E-state index in [0.29, 0.717) is 11.0 Å². The molecule has 33 heavy (non-hydrogen) atoms. The summed E-state index contributed by atoms with van der Waals surface area (Å²) in [4.78, 5) is 32.4. The monoisotopic (exact) mass is 475 g/mol. The van der Waals surface area contributed by atoms with Crippen LogP contribution in [0, 0.1) is 11.7 Å². The Morgan fingerprint density at radius 3 is 2.82 bits per heavy atom. The number of aromatic nitrogens is 5. The second-order valence-corrected chi connectivity index (χ2v) is 7.95. The number of alkyl halides is 1. The Morgan fingerprint density at radius 2 is 2.09 bits per heavy atom. The molecule has 1 fully saturated rings. The smallest absolute Gasteiger partial charge is 0.231 e. The minimum absolute atomic E-state index is 0.186. The largest absolute Gasteiger partial charge is 0.396 e. The van der Waals surface area contributed by atoms with E-state index in [9.17, 15) is 14.0 Å². The lowest BCUT2D eigenvalue weighted by Gasteiger charge is -2.13. The fraction of sp³-hybridized carbons (Fsp3) is 0.250. The van der Waals surface area contributed by atoms with E-state index in [2.05, 4.69) is 30.8 Å². The Balaban J connectivity index is 1.54. The molecule has 0 spiro atoms. The number of amides is 2. The third-order valence-corrected chi connectivity index (χ3v) is 5.65. The Hall–Kier alpha value is -3.64. The van der Waals surface area contributed by atoms with Crippen LogP contribution in [0.3, 0.4) is 0 Å². The third kappa shape index (κ3) is 3.76. The lowest BCUT2D eigenvalue weighted by molar-refractivity contribution is -0.118. The van der Waals surface area contributed by atoms with E-state index in [1.165, 1.54) is 18.6 Å². The molecule has 0 aliphatic heterocycles. The number of hydrogen-bond acceptors (Lipinski definition) is 6. The zero-order chi connectivity index (χ0) is 23.3. The van der Waals surface area contributed by atoms with E-state index in [1.54, 1.807) is 10.6 Å². The second-order valence-electron chi connectivity index (χ2n) is 7.57. The maximum atomic E-state index is 15.1. The lowest BCUT2D eigenvalue weighted by atomic mass is 10.1. The lowest BCUT2D eigenvalue weighted by Crippen LogP contribution is -2.15. The predicted molar refractivity (Wildman–Crippen MR) is 115 cm³/mol. The van der Waals surface area contributed by atoms with Crippen LogP contribution in [0.1, 0.15) is 12.8 Å². The number of nitrogens with one attached hydrogen (secondary N) is 3. The maximum absolute atomic E-state index is 15.1. The Bertz CT molecular complexity index is 1420. The maximum Gasteiger partial charge on any atom is 0.231 e. The van der Waals surface area contributed by atoms with Gasteiger partial charge in [-0.2, -0.15) is 5.10 Å². The van der Waals surface area contributed by atoms with Crippen LogP contribution in [0.2, 0.25) is 5.02 Å². The van der Waals surface area contributed by atoms with Crippen molar-refractivity contribution in [3.8, 4) is 11.3 Å². The minimum atomic E-state index is -1.12. The van der Waals surface area contributed by atoms with Crippen LogP contribution >= 0.6 is 11.6 Å². The Labute approximate surface area is 189 Å². The molecular formula is C20H16ClF2N7O3. The molecule has 13 heteroatoms. The summed E-state index contributed by atoms with van der Waals surface area (Å²) >= 11 is 6.34. The third-order valence-electron chi connectivity index (χ3n) is 5.29. The summed E-state index contributed by atoms with van der Waals surface area (Å²) in [5, 5.41) is 20.6. The van der Waals surface area contributed by atoms with Crippen molar-refractivity contribution < 1.29 is 23.5 Å². The first-order valence-electron chi connectivity index (χ1n) is 9.92. The molecule has 1 aliphatic carbocycles. The van der Waals surface area contributed by atoms with Crippen LogP contribution in [-0.2, 0) is 9.59 Å².